The summed E-state index contributed by atoms with van der Waals surface area (Å²) in [6, 6.07) is 0. The number of allylic oxidation sites excluding steroid dienone is 1. The van der Waals surface area contributed by atoms with Crippen LogP contribution in [-0.4, -0.2) is 49.8 Å². The zero-order valence-electron chi connectivity index (χ0n) is 10.4. The topological polar surface area (TPSA) is 67.6 Å². The molecule has 1 rings (SSSR count). The predicted molar refractivity (Wildman–Crippen MR) is 73.0 cm³/mol. The van der Waals surface area contributed by atoms with E-state index in [9.17, 15) is 10.1 Å². The van der Waals surface area contributed by atoms with E-state index in [1.165, 1.54) is 13.2 Å². The Balaban J connectivity index is 2.39. The minimum atomic E-state index is -0.381. The van der Waals surface area contributed by atoms with Gasteiger partial charge in [-0.1, -0.05) is 22.0 Å². The van der Waals surface area contributed by atoms with E-state index in [0.717, 1.165) is 30.8 Å². The van der Waals surface area contributed by atoms with E-state index in [1.54, 1.807) is 0 Å². The van der Waals surface area contributed by atoms with Crippen molar-refractivity contribution in [3.63, 3.8) is 0 Å². The quantitative estimate of drug-likeness (QED) is 0.435. The van der Waals surface area contributed by atoms with Crippen molar-refractivity contribution in [2.75, 3.05) is 40.0 Å². The molecule has 0 amide bonds. The molecule has 1 heterocycles. The van der Waals surface area contributed by atoms with Gasteiger partial charge >= 0.3 is 0 Å². The van der Waals surface area contributed by atoms with Crippen molar-refractivity contribution in [3.8, 4) is 0 Å². The van der Waals surface area contributed by atoms with E-state index < -0.39 is 0 Å². The Kier molecular flexibility index (Phi) is 6.92. The van der Waals surface area contributed by atoms with Crippen LogP contribution in [0.2, 0.25) is 0 Å². The van der Waals surface area contributed by atoms with E-state index in [0.29, 0.717) is 12.2 Å². The summed E-state index contributed by atoms with van der Waals surface area (Å²) in [6.07, 6.45) is 4.04. The average molecular weight is 320 g/mol. The van der Waals surface area contributed by atoms with E-state index in [4.69, 9.17) is 4.74 Å². The van der Waals surface area contributed by atoms with Gasteiger partial charge < -0.3 is 10.1 Å². The first kappa shape index (κ1) is 15.1. The number of hydrogen-bond acceptors (Lipinski definition) is 5. The first-order valence-electron chi connectivity index (χ1n) is 5.74. The van der Waals surface area contributed by atoms with Gasteiger partial charge in [0.05, 0.1) is 7.11 Å². The third kappa shape index (κ3) is 6.13. The normalized spacial score (nSPS) is 18.1. The highest BCUT2D eigenvalue weighted by atomic mass is 79.9. The molecule has 1 aliphatic rings. The lowest BCUT2D eigenvalue weighted by molar-refractivity contribution is -0.468. The standard InChI is InChI=1S/C11H18BrN3O3/c1-18-11(4-6-15(16)17)3-2-10(12)8-14-7-5-13-9-14/h2,4,13H,3,5-9H2,1H3/b10-2+,11-4+. The highest BCUT2D eigenvalue weighted by Gasteiger charge is 2.11. The van der Waals surface area contributed by atoms with E-state index in [2.05, 4.69) is 26.1 Å². The second-order valence-corrected chi connectivity index (χ2v) is 4.97. The van der Waals surface area contributed by atoms with Crippen molar-refractivity contribution in [3.05, 3.63) is 32.5 Å². The van der Waals surface area contributed by atoms with Crippen LogP contribution in [0.25, 0.3) is 0 Å². The second-order valence-electron chi connectivity index (χ2n) is 3.96. The lowest BCUT2D eigenvalue weighted by Crippen LogP contribution is -2.23. The SMILES string of the molecule is CO/C(=C/C[N+](=O)[O-])C/C=C(/Br)CN1CCNC1. The summed E-state index contributed by atoms with van der Waals surface area (Å²) in [7, 11) is 1.53. The number of halogens is 1. The van der Waals surface area contributed by atoms with Crippen LogP contribution in [0.5, 0.6) is 0 Å². The highest BCUT2D eigenvalue weighted by molar-refractivity contribution is 9.11. The van der Waals surface area contributed by atoms with Gasteiger partial charge in [-0.2, -0.15) is 0 Å². The number of nitrogens with zero attached hydrogens (tertiary/aromatic N) is 2. The zero-order valence-corrected chi connectivity index (χ0v) is 12.0. The minimum Gasteiger partial charge on any atom is -0.501 e. The molecule has 0 unspecified atom stereocenters. The van der Waals surface area contributed by atoms with Crippen molar-refractivity contribution in [1.29, 1.82) is 0 Å². The summed E-state index contributed by atoms with van der Waals surface area (Å²) in [6.45, 7) is 3.60. The minimum absolute atomic E-state index is 0.204. The number of ether oxygens (including phenoxy) is 1. The molecule has 0 aromatic heterocycles. The molecule has 0 saturated carbocycles. The summed E-state index contributed by atoms with van der Waals surface area (Å²) in [5.41, 5.74) is 0. The van der Waals surface area contributed by atoms with Gasteiger partial charge in [0.15, 0.2) is 0 Å². The fourth-order valence-corrected chi connectivity index (χ4v) is 2.12. The third-order valence-electron chi connectivity index (χ3n) is 2.57. The van der Waals surface area contributed by atoms with Gasteiger partial charge in [-0.25, -0.2) is 0 Å². The van der Waals surface area contributed by atoms with Crippen LogP contribution >= 0.6 is 15.9 Å². The zero-order chi connectivity index (χ0) is 13.4. The van der Waals surface area contributed by atoms with Crippen LogP contribution in [-0.2, 0) is 4.74 Å². The Labute approximate surface area is 115 Å². The molecule has 0 aromatic carbocycles. The van der Waals surface area contributed by atoms with Gasteiger partial charge in [0.2, 0.25) is 6.54 Å². The molecule has 0 atom stereocenters. The predicted octanol–water partition coefficient (Wildman–Crippen LogP) is 1.32. The summed E-state index contributed by atoms with van der Waals surface area (Å²) < 4.78 is 6.15. The molecule has 18 heavy (non-hydrogen) atoms. The summed E-state index contributed by atoms with van der Waals surface area (Å²) >= 11 is 3.50. The molecule has 7 heteroatoms. The van der Waals surface area contributed by atoms with Gasteiger partial charge in [0.25, 0.3) is 0 Å². The number of hydrogen-bond donors (Lipinski definition) is 1. The summed E-state index contributed by atoms with van der Waals surface area (Å²) in [5, 5.41) is 13.5. The molecule has 0 spiro atoms. The molecule has 102 valence electrons. The van der Waals surface area contributed by atoms with Gasteiger partial charge in [-0.15, -0.1) is 0 Å². The molecule has 0 aliphatic carbocycles. The Bertz CT molecular complexity index is 338. The van der Waals surface area contributed by atoms with Crippen molar-refractivity contribution in [2.24, 2.45) is 0 Å². The monoisotopic (exact) mass is 319 g/mol. The number of methoxy groups -OCH3 is 1. The van der Waals surface area contributed by atoms with E-state index in [-0.39, 0.29) is 11.5 Å². The van der Waals surface area contributed by atoms with Crippen LogP contribution in [0, 0.1) is 10.1 Å². The number of nitrogens with one attached hydrogen (secondary N) is 1. The Hall–Kier alpha value is -0.920. The average Bonchev–Trinajstić information content (AvgIpc) is 2.81. The van der Waals surface area contributed by atoms with Crippen LogP contribution < -0.4 is 5.32 Å². The Morgan fingerprint density at radius 3 is 2.94 bits per heavy atom. The second kappa shape index (κ2) is 8.23. The van der Waals surface area contributed by atoms with Crippen molar-refractivity contribution < 1.29 is 9.66 Å². The lowest BCUT2D eigenvalue weighted by Gasteiger charge is -2.12. The van der Waals surface area contributed by atoms with Crippen LogP contribution in [0.15, 0.2) is 22.4 Å². The Morgan fingerprint density at radius 2 is 2.39 bits per heavy atom. The fraction of sp³-hybridized carbons (Fsp3) is 0.636. The molecular formula is C11H18BrN3O3. The smallest absolute Gasteiger partial charge is 0.225 e. The maximum Gasteiger partial charge on any atom is 0.225 e. The first-order chi connectivity index (χ1) is 8.61. The van der Waals surface area contributed by atoms with E-state index >= 15 is 0 Å². The van der Waals surface area contributed by atoms with Crippen molar-refractivity contribution >= 4 is 15.9 Å². The molecule has 1 aliphatic heterocycles. The summed E-state index contributed by atoms with van der Waals surface area (Å²) in [4.78, 5) is 12.1. The molecule has 6 nitrogen and oxygen atoms in total. The van der Waals surface area contributed by atoms with Crippen molar-refractivity contribution in [1.82, 2.24) is 10.2 Å². The van der Waals surface area contributed by atoms with Crippen LogP contribution in [0.1, 0.15) is 6.42 Å². The van der Waals surface area contributed by atoms with Gasteiger partial charge in [-0.05, 0) is 0 Å². The van der Waals surface area contributed by atoms with Crippen LogP contribution in [0.3, 0.4) is 0 Å². The molecular weight excluding hydrogens is 302 g/mol. The molecule has 1 saturated heterocycles. The van der Waals surface area contributed by atoms with Gasteiger partial charge in [-0.3, -0.25) is 15.0 Å². The van der Waals surface area contributed by atoms with E-state index in [1.807, 2.05) is 6.08 Å². The molecule has 0 aromatic rings. The van der Waals surface area contributed by atoms with Crippen molar-refractivity contribution in [2.45, 2.75) is 6.42 Å². The van der Waals surface area contributed by atoms with Crippen LogP contribution in [0.4, 0.5) is 0 Å². The van der Waals surface area contributed by atoms with Gasteiger partial charge in [0, 0.05) is 48.2 Å². The summed E-state index contributed by atoms with van der Waals surface area (Å²) in [5.74, 6) is 0.614. The highest BCUT2D eigenvalue weighted by Crippen LogP contribution is 2.13. The lowest BCUT2D eigenvalue weighted by atomic mass is 10.3. The maximum atomic E-state index is 10.3. The van der Waals surface area contributed by atoms with Gasteiger partial charge in [0.1, 0.15) is 5.76 Å². The first-order valence-corrected chi connectivity index (χ1v) is 6.53. The molecule has 1 fully saturated rings. The number of rotatable bonds is 7. The largest absolute Gasteiger partial charge is 0.501 e. The Morgan fingerprint density at radius 1 is 1.61 bits per heavy atom. The molecule has 1 N–H and O–H groups in total. The molecule has 0 bridgehead atoms. The molecule has 0 radical (unpaired) electrons. The fourth-order valence-electron chi connectivity index (χ4n) is 1.60. The number of nitro groups is 1. The third-order valence-corrected chi connectivity index (χ3v) is 3.14. The maximum absolute atomic E-state index is 10.3.